The first-order chi connectivity index (χ1) is 4.77. The SMILES string of the molecule is CC(=O)N1[Si](C)(C)O[Si]1(C)C. The molecule has 0 aromatic heterocycles. The van der Waals surface area contributed by atoms with Gasteiger partial charge in [0.05, 0.1) is 0 Å². The van der Waals surface area contributed by atoms with Crippen molar-refractivity contribution in [2.24, 2.45) is 0 Å². The third-order valence-corrected chi connectivity index (χ3v) is 11.9. The van der Waals surface area contributed by atoms with Gasteiger partial charge in [0.25, 0.3) is 17.0 Å². The van der Waals surface area contributed by atoms with E-state index in [0.717, 1.165) is 0 Å². The molecule has 1 aliphatic heterocycles. The number of carbonyl (C=O) groups is 1. The van der Waals surface area contributed by atoms with Crippen LogP contribution in [0.2, 0.25) is 26.2 Å². The van der Waals surface area contributed by atoms with E-state index in [1.165, 1.54) is 0 Å². The molecule has 3 nitrogen and oxygen atoms in total. The Balaban J connectivity index is 2.81. The summed E-state index contributed by atoms with van der Waals surface area (Å²) >= 11 is 0. The lowest BCUT2D eigenvalue weighted by molar-refractivity contribution is -0.124. The fraction of sp³-hybridized carbons (Fsp3) is 0.833. The number of nitrogens with zero attached hydrogens (tertiary/aromatic N) is 1. The number of rotatable bonds is 0. The minimum absolute atomic E-state index is 0.185. The number of hydrogen-bond donors (Lipinski definition) is 0. The molecule has 0 aromatic carbocycles. The van der Waals surface area contributed by atoms with Gasteiger partial charge in [0.15, 0.2) is 0 Å². The summed E-state index contributed by atoms with van der Waals surface area (Å²) in [6.45, 7) is 9.88. The molecule has 1 heterocycles. The monoisotopic (exact) mass is 189 g/mol. The zero-order valence-electron chi connectivity index (χ0n) is 7.76. The van der Waals surface area contributed by atoms with Crippen LogP contribution in [0.15, 0.2) is 0 Å². The molecule has 0 unspecified atom stereocenters. The van der Waals surface area contributed by atoms with Gasteiger partial charge in [0.2, 0.25) is 5.91 Å². The first-order valence-corrected chi connectivity index (χ1v) is 9.49. The normalized spacial score (nSPS) is 26.1. The van der Waals surface area contributed by atoms with Gasteiger partial charge in [-0.1, -0.05) is 0 Å². The van der Waals surface area contributed by atoms with Crippen LogP contribution in [0, 0.1) is 0 Å². The summed E-state index contributed by atoms with van der Waals surface area (Å²) in [5, 5.41) is 0. The highest BCUT2D eigenvalue weighted by Gasteiger charge is 2.57. The maximum absolute atomic E-state index is 11.2. The molecule has 0 aromatic rings. The van der Waals surface area contributed by atoms with Crippen LogP contribution in [-0.2, 0) is 8.91 Å². The van der Waals surface area contributed by atoms with Crippen molar-refractivity contribution in [3.8, 4) is 0 Å². The first-order valence-electron chi connectivity index (χ1n) is 3.78. The number of carbonyl (C=O) groups excluding carboxylic acids is 1. The summed E-state index contributed by atoms with van der Waals surface area (Å²) in [5.41, 5.74) is 0. The molecular formula is C6H15NO2Si2. The van der Waals surface area contributed by atoms with Gasteiger partial charge >= 0.3 is 0 Å². The Labute approximate surface area is 69.8 Å². The molecule has 1 fully saturated rings. The number of hydrogen-bond acceptors (Lipinski definition) is 2. The van der Waals surface area contributed by atoms with Crippen LogP contribution in [0.3, 0.4) is 0 Å². The average molecular weight is 189 g/mol. The molecule has 11 heavy (non-hydrogen) atoms. The van der Waals surface area contributed by atoms with E-state index in [0.29, 0.717) is 0 Å². The van der Waals surface area contributed by atoms with Crippen molar-refractivity contribution in [2.75, 3.05) is 0 Å². The molecule has 5 heteroatoms. The topological polar surface area (TPSA) is 29.5 Å². The van der Waals surface area contributed by atoms with E-state index < -0.39 is 17.0 Å². The molecule has 0 atom stereocenters. The van der Waals surface area contributed by atoms with Gasteiger partial charge in [-0.3, -0.25) is 4.79 Å². The van der Waals surface area contributed by atoms with Crippen LogP contribution in [0.5, 0.6) is 0 Å². The van der Waals surface area contributed by atoms with E-state index in [4.69, 9.17) is 4.12 Å². The van der Waals surface area contributed by atoms with Gasteiger partial charge in [0, 0.05) is 6.92 Å². The van der Waals surface area contributed by atoms with Gasteiger partial charge in [0.1, 0.15) is 0 Å². The summed E-state index contributed by atoms with van der Waals surface area (Å²) < 4.78 is 7.78. The number of amides is 1. The highest BCUT2D eigenvalue weighted by Crippen LogP contribution is 2.34. The van der Waals surface area contributed by atoms with E-state index in [1.54, 1.807) is 6.92 Å². The highest BCUT2D eigenvalue weighted by atomic mass is 28.5. The smallest absolute Gasteiger partial charge is 0.280 e. The summed E-state index contributed by atoms with van der Waals surface area (Å²) in [7, 11) is -3.47. The minimum Gasteiger partial charge on any atom is -0.425 e. The van der Waals surface area contributed by atoms with Gasteiger partial charge in [-0.25, -0.2) is 0 Å². The van der Waals surface area contributed by atoms with E-state index in [9.17, 15) is 4.79 Å². The zero-order valence-corrected chi connectivity index (χ0v) is 9.76. The van der Waals surface area contributed by atoms with Crippen molar-refractivity contribution in [1.82, 2.24) is 4.23 Å². The van der Waals surface area contributed by atoms with Crippen molar-refractivity contribution in [3.63, 3.8) is 0 Å². The molecule has 0 aliphatic carbocycles. The van der Waals surface area contributed by atoms with Crippen molar-refractivity contribution in [2.45, 2.75) is 33.1 Å². The predicted octanol–water partition coefficient (Wildman–Crippen LogP) is 1.27. The van der Waals surface area contributed by atoms with Crippen molar-refractivity contribution in [1.29, 1.82) is 0 Å². The summed E-state index contributed by atoms with van der Waals surface area (Å²) in [6.07, 6.45) is 0. The maximum Gasteiger partial charge on any atom is 0.280 e. The van der Waals surface area contributed by atoms with E-state index >= 15 is 0 Å². The molecule has 1 amide bonds. The standard InChI is InChI=1S/C6H15NO2Si2/c1-6(8)7-10(2,3)9-11(7,4)5/h1-5H3. The molecule has 64 valence electrons. The second kappa shape index (κ2) is 2.18. The Bertz CT molecular complexity index is 189. The van der Waals surface area contributed by atoms with Gasteiger partial charge in [-0.05, 0) is 26.2 Å². The van der Waals surface area contributed by atoms with Crippen molar-refractivity contribution >= 4 is 22.9 Å². The fourth-order valence-electron chi connectivity index (χ4n) is 2.07. The van der Waals surface area contributed by atoms with Crippen LogP contribution >= 0.6 is 0 Å². The lowest BCUT2D eigenvalue weighted by Gasteiger charge is -2.57. The van der Waals surface area contributed by atoms with Gasteiger partial charge < -0.3 is 8.35 Å². The lowest BCUT2D eigenvalue weighted by atomic mass is 10.8. The van der Waals surface area contributed by atoms with Crippen LogP contribution in [0.4, 0.5) is 0 Å². The molecule has 0 radical (unpaired) electrons. The third kappa shape index (κ3) is 1.28. The second-order valence-electron chi connectivity index (χ2n) is 3.85. The Kier molecular flexibility index (Phi) is 1.77. The van der Waals surface area contributed by atoms with Crippen LogP contribution < -0.4 is 0 Å². The van der Waals surface area contributed by atoms with Crippen molar-refractivity contribution in [3.05, 3.63) is 0 Å². The summed E-state index contributed by atoms with van der Waals surface area (Å²) in [4.78, 5) is 11.2. The van der Waals surface area contributed by atoms with Crippen molar-refractivity contribution < 1.29 is 8.91 Å². The Morgan fingerprint density at radius 3 is 1.64 bits per heavy atom. The van der Waals surface area contributed by atoms with E-state index in [-0.39, 0.29) is 5.91 Å². The zero-order chi connectivity index (χ0) is 8.86. The molecule has 1 aliphatic rings. The molecule has 0 N–H and O–H groups in total. The predicted molar refractivity (Wildman–Crippen MR) is 48.6 cm³/mol. The summed E-state index contributed by atoms with van der Waals surface area (Å²) in [6, 6.07) is 0. The second-order valence-corrected chi connectivity index (χ2v) is 11.8. The molecule has 1 saturated heterocycles. The lowest BCUT2D eigenvalue weighted by Crippen LogP contribution is -2.79. The van der Waals surface area contributed by atoms with E-state index in [2.05, 4.69) is 26.2 Å². The first kappa shape index (κ1) is 8.96. The maximum atomic E-state index is 11.2. The van der Waals surface area contributed by atoms with E-state index in [1.807, 2.05) is 4.23 Å². The Morgan fingerprint density at radius 2 is 1.55 bits per heavy atom. The third-order valence-electron chi connectivity index (χ3n) is 1.89. The molecule has 0 bridgehead atoms. The fourth-order valence-corrected chi connectivity index (χ4v) is 14.1. The summed E-state index contributed by atoms with van der Waals surface area (Å²) in [5.74, 6) is 0.185. The Morgan fingerprint density at radius 1 is 1.18 bits per heavy atom. The largest absolute Gasteiger partial charge is 0.425 e. The van der Waals surface area contributed by atoms with Crippen LogP contribution in [0.1, 0.15) is 6.92 Å². The highest BCUT2D eigenvalue weighted by molar-refractivity contribution is 7.00. The average Bonchev–Trinajstić information content (AvgIpc) is 1.53. The molecule has 1 rings (SSSR count). The van der Waals surface area contributed by atoms with Crippen LogP contribution in [0.25, 0.3) is 0 Å². The quantitative estimate of drug-likeness (QED) is 0.537. The Hall–Kier alpha value is -0.136. The van der Waals surface area contributed by atoms with Crippen LogP contribution in [-0.4, -0.2) is 27.1 Å². The van der Waals surface area contributed by atoms with Gasteiger partial charge in [-0.15, -0.1) is 0 Å². The van der Waals surface area contributed by atoms with Gasteiger partial charge in [-0.2, -0.15) is 0 Å². The minimum atomic E-state index is -1.73. The molecule has 0 spiro atoms. The molecule has 0 saturated carbocycles. The molecular weight excluding hydrogens is 174 g/mol.